The summed E-state index contributed by atoms with van der Waals surface area (Å²) >= 11 is 6.22. The van der Waals surface area contributed by atoms with E-state index in [0.29, 0.717) is 16.4 Å². The molecule has 0 fully saturated rings. The van der Waals surface area contributed by atoms with Crippen LogP contribution in [0.4, 0.5) is 5.69 Å². The van der Waals surface area contributed by atoms with Gasteiger partial charge < -0.3 is 14.2 Å². The minimum atomic E-state index is -0.635. The van der Waals surface area contributed by atoms with Crippen LogP contribution in [0.3, 0.4) is 0 Å². The zero-order valence-corrected chi connectivity index (χ0v) is 20.9. The van der Waals surface area contributed by atoms with Crippen LogP contribution < -0.4 is 4.90 Å². The SMILES string of the molecule is COC(=O)C1=C(C)N(c2cc(C)cc(C)c2)C(=Cc2cc(C)n(-c3cccc(Cl)c3)c2C)C1=O. The summed E-state index contributed by atoms with van der Waals surface area (Å²) in [5.74, 6) is -0.985. The second-order valence-electron chi connectivity index (χ2n) is 8.63. The molecule has 2 heterocycles. The molecule has 6 heteroatoms. The molecule has 4 rings (SSSR count). The topological polar surface area (TPSA) is 51.5 Å². The molecule has 0 amide bonds. The van der Waals surface area contributed by atoms with E-state index in [0.717, 1.165) is 39.5 Å². The van der Waals surface area contributed by atoms with E-state index < -0.39 is 5.97 Å². The van der Waals surface area contributed by atoms with Crippen LogP contribution in [0.2, 0.25) is 5.02 Å². The molecule has 0 saturated heterocycles. The Labute approximate surface area is 204 Å². The number of hydrogen-bond acceptors (Lipinski definition) is 4. The van der Waals surface area contributed by atoms with Crippen molar-refractivity contribution in [1.82, 2.24) is 4.57 Å². The van der Waals surface area contributed by atoms with Gasteiger partial charge in [0, 0.05) is 33.5 Å². The fraction of sp³-hybridized carbons (Fsp3) is 0.214. The highest BCUT2D eigenvalue weighted by Gasteiger charge is 2.38. The fourth-order valence-corrected chi connectivity index (χ4v) is 4.85. The number of aromatic nitrogens is 1. The molecule has 0 atom stereocenters. The van der Waals surface area contributed by atoms with Gasteiger partial charge in [-0.2, -0.15) is 0 Å². The van der Waals surface area contributed by atoms with Crippen molar-refractivity contribution in [2.45, 2.75) is 34.6 Å². The van der Waals surface area contributed by atoms with Crippen molar-refractivity contribution in [3.8, 4) is 5.69 Å². The summed E-state index contributed by atoms with van der Waals surface area (Å²) < 4.78 is 7.03. The molecule has 2 aromatic carbocycles. The maximum Gasteiger partial charge on any atom is 0.343 e. The van der Waals surface area contributed by atoms with Crippen molar-refractivity contribution < 1.29 is 14.3 Å². The van der Waals surface area contributed by atoms with E-state index in [9.17, 15) is 9.59 Å². The highest BCUT2D eigenvalue weighted by Crippen LogP contribution is 2.37. The highest BCUT2D eigenvalue weighted by atomic mass is 35.5. The number of methoxy groups -OCH3 is 1. The van der Waals surface area contributed by atoms with Crippen LogP contribution >= 0.6 is 11.6 Å². The van der Waals surface area contributed by atoms with Crippen molar-refractivity contribution >= 4 is 35.1 Å². The van der Waals surface area contributed by atoms with E-state index >= 15 is 0 Å². The van der Waals surface area contributed by atoms with E-state index in [1.54, 1.807) is 6.92 Å². The maximum absolute atomic E-state index is 13.5. The normalized spacial score (nSPS) is 15.0. The standard InChI is InChI=1S/C28H27ClN2O3/c1-16-10-17(2)12-24(11-16)31-20(5)26(28(33)34-6)27(32)25(31)14-21-13-18(3)30(19(21)4)23-9-7-8-22(29)15-23/h7-15H,1-6H3. The van der Waals surface area contributed by atoms with E-state index in [2.05, 4.69) is 10.6 Å². The number of ketones is 1. The Morgan fingerprint density at radius 3 is 2.24 bits per heavy atom. The highest BCUT2D eigenvalue weighted by molar-refractivity contribution is 6.31. The predicted molar refractivity (Wildman–Crippen MR) is 136 cm³/mol. The van der Waals surface area contributed by atoms with Crippen molar-refractivity contribution in [2.75, 3.05) is 12.0 Å². The van der Waals surface area contributed by atoms with Gasteiger partial charge in [-0.15, -0.1) is 0 Å². The summed E-state index contributed by atoms with van der Waals surface area (Å²) in [6.07, 6.45) is 1.85. The molecule has 0 bridgehead atoms. The fourth-order valence-electron chi connectivity index (χ4n) is 4.67. The molecule has 0 spiro atoms. The van der Waals surface area contributed by atoms with Crippen LogP contribution in [0.15, 0.2) is 65.5 Å². The molecule has 1 aromatic heterocycles. The lowest BCUT2D eigenvalue weighted by atomic mass is 10.1. The molecule has 0 aliphatic carbocycles. The summed E-state index contributed by atoms with van der Waals surface area (Å²) in [6.45, 7) is 9.81. The average molecular weight is 475 g/mol. The summed E-state index contributed by atoms with van der Waals surface area (Å²) in [7, 11) is 1.29. The first kappa shape index (κ1) is 23.6. The number of anilines is 1. The number of halogens is 1. The van der Waals surface area contributed by atoms with Crippen molar-refractivity contribution in [3.05, 3.63) is 98.6 Å². The number of Topliss-reactive ketones (excluding diaryl/α,β-unsaturated/α-hetero) is 1. The quantitative estimate of drug-likeness (QED) is 0.255. The monoisotopic (exact) mass is 474 g/mol. The molecule has 34 heavy (non-hydrogen) atoms. The van der Waals surface area contributed by atoms with Crippen LogP contribution in [0.1, 0.15) is 35.0 Å². The third kappa shape index (κ3) is 4.08. The molecule has 0 radical (unpaired) electrons. The molecule has 1 aliphatic rings. The number of ether oxygens (including phenoxy) is 1. The minimum absolute atomic E-state index is 0.0524. The van der Waals surface area contributed by atoms with Crippen molar-refractivity contribution in [1.29, 1.82) is 0 Å². The third-order valence-corrected chi connectivity index (χ3v) is 6.32. The number of aryl methyl sites for hydroxylation is 3. The zero-order chi connectivity index (χ0) is 24.7. The van der Waals surface area contributed by atoms with Gasteiger partial charge >= 0.3 is 5.97 Å². The van der Waals surface area contributed by atoms with Gasteiger partial charge in [0.25, 0.3) is 0 Å². The predicted octanol–water partition coefficient (Wildman–Crippen LogP) is 6.24. The first-order valence-electron chi connectivity index (χ1n) is 11.0. The molecule has 0 unspecified atom stereocenters. The molecule has 3 aromatic rings. The second kappa shape index (κ2) is 8.99. The van der Waals surface area contributed by atoms with Gasteiger partial charge in [-0.1, -0.05) is 23.7 Å². The van der Waals surface area contributed by atoms with Crippen LogP contribution in [-0.4, -0.2) is 23.4 Å². The van der Waals surface area contributed by atoms with Gasteiger partial charge in [0.2, 0.25) is 5.78 Å². The number of benzene rings is 2. The van der Waals surface area contributed by atoms with E-state index in [1.807, 2.05) is 81.1 Å². The summed E-state index contributed by atoms with van der Waals surface area (Å²) in [6, 6.07) is 15.8. The van der Waals surface area contributed by atoms with Gasteiger partial charge in [0.15, 0.2) is 0 Å². The first-order valence-corrected chi connectivity index (χ1v) is 11.4. The van der Waals surface area contributed by atoms with Crippen molar-refractivity contribution in [3.63, 3.8) is 0 Å². The van der Waals surface area contributed by atoms with E-state index in [-0.39, 0.29) is 11.4 Å². The lowest BCUT2D eigenvalue weighted by Crippen LogP contribution is -2.18. The number of carbonyl (C=O) groups is 2. The Bertz CT molecular complexity index is 1370. The lowest BCUT2D eigenvalue weighted by molar-refractivity contribution is -0.137. The van der Waals surface area contributed by atoms with Gasteiger partial charge in [0.1, 0.15) is 5.57 Å². The lowest BCUT2D eigenvalue weighted by Gasteiger charge is -2.22. The molecule has 1 aliphatic heterocycles. The number of hydrogen-bond donors (Lipinski definition) is 0. The van der Waals surface area contributed by atoms with Crippen molar-refractivity contribution in [2.24, 2.45) is 0 Å². The summed E-state index contributed by atoms with van der Waals surface area (Å²) in [5.41, 5.74) is 7.78. The Kier molecular flexibility index (Phi) is 6.24. The van der Waals surface area contributed by atoms with Gasteiger partial charge in [0.05, 0.1) is 12.8 Å². The average Bonchev–Trinajstić information content (AvgIpc) is 3.18. The van der Waals surface area contributed by atoms with Gasteiger partial charge in [-0.05, 0) is 93.8 Å². The smallest absolute Gasteiger partial charge is 0.343 e. The Balaban J connectivity index is 1.90. The minimum Gasteiger partial charge on any atom is -0.465 e. The maximum atomic E-state index is 13.5. The number of rotatable bonds is 4. The van der Waals surface area contributed by atoms with Crippen LogP contribution in [0, 0.1) is 27.7 Å². The number of esters is 1. The zero-order valence-electron chi connectivity index (χ0n) is 20.2. The molecular weight excluding hydrogens is 448 g/mol. The number of nitrogens with zero attached hydrogens (tertiary/aromatic N) is 2. The second-order valence-corrected chi connectivity index (χ2v) is 9.07. The Morgan fingerprint density at radius 1 is 0.941 bits per heavy atom. The summed E-state index contributed by atoms with van der Waals surface area (Å²) in [4.78, 5) is 27.9. The van der Waals surface area contributed by atoms with Crippen LogP contribution in [-0.2, 0) is 14.3 Å². The number of carbonyl (C=O) groups excluding carboxylic acids is 2. The molecule has 0 saturated carbocycles. The van der Waals surface area contributed by atoms with Crippen LogP contribution in [0.5, 0.6) is 0 Å². The molecule has 5 nitrogen and oxygen atoms in total. The molecule has 174 valence electrons. The van der Waals surface area contributed by atoms with E-state index in [1.165, 1.54) is 7.11 Å². The first-order chi connectivity index (χ1) is 16.1. The third-order valence-electron chi connectivity index (χ3n) is 6.08. The number of allylic oxidation sites excluding steroid dienone is 2. The van der Waals surface area contributed by atoms with Gasteiger partial charge in [-0.3, -0.25) is 4.79 Å². The molecule has 0 N–H and O–H groups in total. The Morgan fingerprint density at radius 2 is 1.62 bits per heavy atom. The van der Waals surface area contributed by atoms with Gasteiger partial charge in [-0.25, -0.2) is 4.79 Å². The Hall–Kier alpha value is -3.57. The van der Waals surface area contributed by atoms with E-state index in [4.69, 9.17) is 16.3 Å². The van der Waals surface area contributed by atoms with Crippen LogP contribution in [0.25, 0.3) is 11.8 Å². The molecular formula is C28H27ClN2O3. The summed E-state index contributed by atoms with van der Waals surface area (Å²) in [5, 5.41) is 0.652. The largest absolute Gasteiger partial charge is 0.465 e.